The second-order valence-electron chi connectivity index (χ2n) is 4.89. The quantitative estimate of drug-likeness (QED) is 0.935. The van der Waals surface area contributed by atoms with Crippen molar-refractivity contribution in [3.63, 3.8) is 0 Å². The van der Waals surface area contributed by atoms with Crippen molar-refractivity contribution < 1.29 is 9.47 Å². The molecule has 1 aliphatic heterocycles. The number of rotatable bonds is 3. The van der Waals surface area contributed by atoms with E-state index in [2.05, 4.69) is 22.0 Å². The minimum Gasteiger partial charge on any atom is -0.496 e. The summed E-state index contributed by atoms with van der Waals surface area (Å²) in [4.78, 5) is 0. The molecule has 104 valence electrons. The Morgan fingerprint density at radius 2 is 2.10 bits per heavy atom. The molecule has 2 aromatic rings. The van der Waals surface area contributed by atoms with Crippen LogP contribution < -0.4 is 15.2 Å². The van der Waals surface area contributed by atoms with Crippen molar-refractivity contribution in [2.24, 2.45) is 5.73 Å². The average molecular weight is 334 g/mol. The van der Waals surface area contributed by atoms with Crippen LogP contribution in [0.3, 0.4) is 0 Å². The zero-order chi connectivity index (χ0) is 14.1. The third-order valence-corrected chi connectivity index (χ3v) is 4.25. The van der Waals surface area contributed by atoms with E-state index in [1.165, 1.54) is 5.56 Å². The first-order chi connectivity index (χ1) is 9.69. The molecule has 0 amide bonds. The summed E-state index contributed by atoms with van der Waals surface area (Å²) >= 11 is 3.49. The van der Waals surface area contributed by atoms with Gasteiger partial charge in [-0.3, -0.25) is 0 Å². The summed E-state index contributed by atoms with van der Waals surface area (Å²) in [7, 11) is 1.65. The number of hydrogen-bond acceptors (Lipinski definition) is 3. The molecular weight excluding hydrogens is 318 g/mol. The molecule has 2 atom stereocenters. The monoisotopic (exact) mass is 333 g/mol. The van der Waals surface area contributed by atoms with Crippen LogP contribution in [0.2, 0.25) is 0 Å². The van der Waals surface area contributed by atoms with Gasteiger partial charge in [-0.2, -0.15) is 0 Å². The summed E-state index contributed by atoms with van der Waals surface area (Å²) in [5.74, 6) is 1.75. The molecule has 0 spiro atoms. The molecule has 0 saturated heterocycles. The van der Waals surface area contributed by atoms with Crippen LogP contribution in [0, 0.1) is 0 Å². The van der Waals surface area contributed by atoms with E-state index in [4.69, 9.17) is 15.2 Å². The van der Waals surface area contributed by atoms with Gasteiger partial charge in [-0.15, -0.1) is 0 Å². The molecule has 0 fully saturated rings. The number of benzene rings is 2. The summed E-state index contributed by atoms with van der Waals surface area (Å²) in [6, 6.07) is 13.8. The van der Waals surface area contributed by atoms with Crippen molar-refractivity contribution >= 4 is 15.9 Å². The Morgan fingerprint density at radius 3 is 2.80 bits per heavy atom. The van der Waals surface area contributed by atoms with Crippen molar-refractivity contribution in [2.45, 2.75) is 18.6 Å². The molecule has 1 heterocycles. The maximum Gasteiger partial charge on any atom is 0.133 e. The predicted octanol–water partition coefficient (Wildman–Crippen LogP) is 3.46. The van der Waals surface area contributed by atoms with E-state index in [0.29, 0.717) is 0 Å². The SMILES string of the molecule is COc1ccc(C(N)C2Cc3ccccc3O2)cc1Br. The summed E-state index contributed by atoms with van der Waals surface area (Å²) in [5.41, 5.74) is 8.61. The lowest BCUT2D eigenvalue weighted by atomic mass is 9.98. The minimum absolute atomic E-state index is 0.0207. The number of methoxy groups -OCH3 is 1. The molecule has 1 aliphatic rings. The van der Waals surface area contributed by atoms with Crippen LogP contribution in [0.15, 0.2) is 46.9 Å². The minimum atomic E-state index is -0.162. The first-order valence-electron chi connectivity index (χ1n) is 6.52. The molecular formula is C16H16BrNO2. The van der Waals surface area contributed by atoms with Crippen molar-refractivity contribution in [3.05, 3.63) is 58.1 Å². The fourth-order valence-electron chi connectivity index (χ4n) is 2.51. The lowest BCUT2D eigenvalue weighted by Crippen LogP contribution is -2.30. The van der Waals surface area contributed by atoms with Crippen molar-refractivity contribution in [1.29, 1.82) is 0 Å². The van der Waals surface area contributed by atoms with Crippen LogP contribution in [-0.4, -0.2) is 13.2 Å². The molecule has 2 aromatic carbocycles. The summed E-state index contributed by atoms with van der Waals surface area (Å²) in [6.45, 7) is 0. The van der Waals surface area contributed by atoms with Gasteiger partial charge in [-0.25, -0.2) is 0 Å². The number of halogens is 1. The van der Waals surface area contributed by atoms with Crippen LogP contribution in [-0.2, 0) is 6.42 Å². The number of fused-ring (bicyclic) bond motifs is 1. The summed E-state index contributed by atoms with van der Waals surface area (Å²) in [5, 5.41) is 0. The van der Waals surface area contributed by atoms with Crippen LogP contribution in [0.25, 0.3) is 0 Å². The number of para-hydroxylation sites is 1. The molecule has 3 nitrogen and oxygen atoms in total. The van der Waals surface area contributed by atoms with Crippen LogP contribution in [0.5, 0.6) is 11.5 Å². The van der Waals surface area contributed by atoms with Crippen molar-refractivity contribution in [1.82, 2.24) is 0 Å². The van der Waals surface area contributed by atoms with E-state index in [0.717, 1.165) is 28.0 Å². The van der Waals surface area contributed by atoms with Crippen molar-refractivity contribution in [3.8, 4) is 11.5 Å². The van der Waals surface area contributed by atoms with Gasteiger partial charge in [-0.1, -0.05) is 24.3 Å². The Kier molecular flexibility index (Phi) is 3.68. The molecule has 2 unspecified atom stereocenters. The van der Waals surface area contributed by atoms with Gasteiger partial charge in [0, 0.05) is 6.42 Å². The Bertz CT molecular complexity index is 605. The predicted molar refractivity (Wildman–Crippen MR) is 82.2 cm³/mol. The Morgan fingerprint density at radius 1 is 1.30 bits per heavy atom. The molecule has 20 heavy (non-hydrogen) atoms. The summed E-state index contributed by atoms with van der Waals surface area (Å²) < 4.78 is 12.1. The molecule has 0 saturated carbocycles. The zero-order valence-corrected chi connectivity index (χ0v) is 12.8. The van der Waals surface area contributed by atoms with Crippen molar-refractivity contribution in [2.75, 3.05) is 7.11 Å². The first-order valence-corrected chi connectivity index (χ1v) is 7.32. The average Bonchev–Trinajstić information content (AvgIpc) is 2.90. The van der Waals surface area contributed by atoms with Gasteiger partial charge in [-0.05, 0) is 45.3 Å². The first kappa shape index (κ1) is 13.5. The normalized spacial score (nSPS) is 18.2. The molecule has 0 aromatic heterocycles. The highest BCUT2D eigenvalue weighted by atomic mass is 79.9. The van der Waals surface area contributed by atoms with Gasteiger partial charge in [0.1, 0.15) is 17.6 Å². The second-order valence-corrected chi connectivity index (χ2v) is 5.74. The van der Waals surface area contributed by atoms with E-state index in [1.807, 2.05) is 36.4 Å². The lowest BCUT2D eigenvalue weighted by molar-refractivity contribution is 0.199. The maximum absolute atomic E-state index is 6.35. The van der Waals surface area contributed by atoms with Crippen LogP contribution in [0.1, 0.15) is 17.2 Å². The van der Waals surface area contributed by atoms with Gasteiger partial charge >= 0.3 is 0 Å². The number of nitrogens with two attached hydrogens (primary N) is 1. The van der Waals surface area contributed by atoms with E-state index in [1.54, 1.807) is 7.11 Å². The third-order valence-electron chi connectivity index (χ3n) is 3.63. The van der Waals surface area contributed by atoms with Gasteiger partial charge in [0.2, 0.25) is 0 Å². The highest BCUT2D eigenvalue weighted by Crippen LogP contribution is 2.35. The fourth-order valence-corrected chi connectivity index (χ4v) is 3.07. The molecule has 4 heteroatoms. The highest BCUT2D eigenvalue weighted by Gasteiger charge is 2.29. The van der Waals surface area contributed by atoms with E-state index in [9.17, 15) is 0 Å². The second kappa shape index (κ2) is 5.46. The van der Waals surface area contributed by atoms with Crippen LogP contribution in [0.4, 0.5) is 0 Å². The fraction of sp³-hybridized carbons (Fsp3) is 0.250. The molecule has 3 rings (SSSR count). The standard InChI is InChI=1S/C16H16BrNO2/c1-19-14-7-6-11(8-12(14)17)16(18)15-9-10-4-2-3-5-13(10)20-15/h2-8,15-16H,9,18H2,1H3. The van der Waals surface area contributed by atoms with Gasteiger partial charge in [0.15, 0.2) is 0 Å². The van der Waals surface area contributed by atoms with Crippen LogP contribution >= 0.6 is 15.9 Å². The number of ether oxygens (including phenoxy) is 2. The van der Waals surface area contributed by atoms with E-state index < -0.39 is 0 Å². The molecule has 0 radical (unpaired) electrons. The topological polar surface area (TPSA) is 44.5 Å². The molecule has 0 bridgehead atoms. The van der Waals surface area contributed by atoms with Gasteiger partial charge < -0.3 is 15.2 Å². The largest absolute Gasteiger partial charge is 0.496 e. The van der Waals surface area contributed by atoms with Gasteiger partial charge in [0.05, 0.1) is 17.6 Å². The number of hydrogen-bond donors (Lipinski definition) is 1. The van der Waals surface area contributed by atoms with E-state index in [-0.39, 0.29) is 12.1 Å². The lowest BCUT2D eigenvalue weighted by Gasteiger charge is -2.20. The Balaban J connectivity index is 1.81. The Labute approximate surface area is 126 Å². The zero-order valence-electron chi connectivity index (χ0n) is 11.2. The molecule has 2 N–H and O–H groups in total. The van der Waals surface area contributed by atoms with Gasteiger partial charge in [0.25, 0.3) is 0 Å². The Hall–Kier alpha value is -1.52. The van der Waals surface area contributed by atoms with E-state index >= 15 is 0 Å². The highest BCUT2D eigenvalue weighted by molar-refractivity contribution is 9.10. The smallest absolute Gasteiger partial charge is 0.133 e. The molecule has 0 aliphatic carbocycles. The maximum atomic E-state index is 6.35. The third kappa shape index (κ3) is 2.41. The summed E-state index contributed by atoms with van der Waals surface area (Å²) in [6.07, 6.45) is 0.828.